The minimum Gasteiger partial charge on any atom is -0.476 e. The van der Waals surface area contributed by atoms with Gasteiger partial charge in [-0.05, 0) is 18.1 Å². The van der Waals surface area contributed by atoms with Gasteiger partial charge in [-0.2, -0.15) is 4.98 Å². The maximum absolute atomic E-state index is 11.1. The van der Waals surface area contributed by atoms with E-state index in [-0.39, 0.29) is 12.5 Å². The predicted octanol–water partition coefficient (Wildman–Crippen LogP) is 0.856. The molecule has 0 saturated heterocycles. The predicted molar refractivity (Wildman–Crippen MR) is 71.5 cm³/mol. The van der Waals surface area contributed by atoms with Crippen molar-refractivity contribution in [2.24, 2.45) is 5.92 Å². The number of carbonyl (C=O) groups excluding carboxylic acids is 1. The van der Waals surface area contributed by atoms with E-state index < -0.39 is 0 Å². The number of nitrogens with one attached hydrogen (secondary N) is 2. The number of carbonyl (C=O) groups is 1. The molecule has 0 saturated carbocycles. The number of anilines is 2. The standard InChI is InChI=1S/C12H20N4O2/c1-8(2)7-18-12-9(13)4-5-10(16-12)15-6-11(17)14-3/h4-5,8H,6-7,13H2,1-3H3,(H,14,17)(H,15,16). The molecule has 0 spiro atoms. The largest absolute Gasteiger partial charge is 0.476 e. The number of hydrogen-bond donors (Lipinski definition) is 3. The zero-order chi connectivity index (χ0) is 13.5. The summed E-state index contributed by atoms with van der Waals surface area (Å²) in [6.45, 7) is 4.81. The number of nitrogen functional groups attached to an aromatic ring is 1. The van der Waals surface area contributed by atoms with Crippen LogP contribution in [0.5, 0.6) is 5.88 Å². The molecule has 100 valence electrons. The summed E-state index contributed by atoms with van der Waals surface area (Å²) in [5, 5.41) is 5.41. The van der Waals surface area contributed by atoms with Gasteiger partial charge in [0, 0.05) is 7.05 Å². The van der Waals surface area contributed by atoms with Gasteiger partial charge >= 0.3 is 0 Å². The number of aromatic nitrogens is 1. The molecule has 1 aromatic heterocycles. The molecule has 1 amide bonds. The van der Waals surface area contributed by atoms with Gasteiger partial charge in [-0.25, -0.2) is 0 Å². The fourth-order valence-electron chi connectivity index (χ4n) is 1.17. The monoisotopic (exact) mass is 252 g/mol. The molecule has 4 N–H and O–H groups in total. The first-order chi connectivity index (χ1) is 8.52. The first kappa shape index (κ1) is 14.1. The molecule has 0 fully saturated rings. The van der Waals surface area contributed by atoms with Crippen molar-refractivity contribution in [3.05, 3.63) is 12.1 Å². The summed E-state index contributed by atoms with van der Waals surface area (Å²) in [5.74, 6) is 1.24. The quantitative estimate of drug-likeness (QED) is 0.698. The molecule has 6 nitrogen and oxygen atoms in total. The Kier molecular flexibility index (Phi) is 5.23. The Hall–Kier alpha value is -1.98. The Morgan fingerprint density at radius 2 is 2.22 bits per heavy atom. The molecular formula is C12H20N4O2. The Labute approximate surface area is 107 Å². The van der Waals surface area contributed by atoms with Crippen LogP contribution in [0.3, 0.4) is 0 Å². The van der Waals surface area contributed by atoms with Crippen LogP contribution in [0.15, 0.2) is 12.1 Å². The third kappa shape index (κ3) is 4.48. The number of pyridine rings is 1. The number of ether oxygens (including phenoxy) is 1. The van der Waals surface area contributed by atoms with Gasteiger partial charge in [0.1, 0.15) is 5.82 Å². The minimum absolute atomic E-state index is 0.113. The Morgan fingerprint density at radius 1 is 1.50 bits per heavy atom. The molecule has 0 aliphatic rings. The molecule has 0 bridgehead atoms. The Balaban J connectivity index is 2.65. The van der Waals surface area contributed by atoms with Crippen molar-refractivity contribution in [3.63, 3.8) is 0 Å². The van der Waals surface area contributed by atoms with E-state index in [1.54, 1.807) is 19.2 Å². The number of nitrogens with two attached hydrogens (primary N) is 1. The van der Waals surface area contributed by atoms with Gasteiger partial charge in [-0.15, -0.1) is 0 Å². The number of likely N-dealkylation sites (N-methyl/N-ethyl adjacent to an activating group) is 1. The van der Waals surface area contributed by atoms with Gasteiger partial charge < -0.3 is 21.1 Å². The molecule has 6 heteroatoms. The number of nitrogens with zero attached hydrogens (tertiary/aromatic N) is 1. The lowest BCUT2D eigenvalue weighted by atomic mass is 10.2. The Bertz CT molecular complexity index is 407. The molecule has 18 heavy (non-hydrogen) atoms. The van der Waals surface area contributed by atoms with Crippen LogP contribution in [0.1, 0.15) is 13.8 Å². The third-order valence-corrected chi connectivity index (χ3v) is 2.15. The first-order valence-electron chi connectivity index (χ1n) is 5.86. The molecule has 1 heterocycles. The molecule has 0 aromatic carbocycles. The van der Waals surface area contributed by atoms with E-state index >= 15 is 0 Å². The van der Waals surface area contributed by atoms with Crippen LogP contribution in [0.2, 0.25) is 0 Å². The van der Waals surface area contributed by atoms with E-state index in [1.807, 2.05) is 13.8 Å². The summed E-state index contributed by atoms with van der Waals surface area (Å²) in [6.07, 6.45) is 0. The molecule has 0 aliphatic carbocycles. The van der Waals surface area contributed by atoms with Gasteiger partial charge in [0.15, 0.2) is 0 Å². The van der Waals surface area contributed by atoms with E-state index in [2.05, 4.69) is 15.6 Å². The zero-order valence-corrected chi connectivity index (χ0v) is 11.0. The molecule has 0 aliphatic heterocycles. The Morgan fingerprint density at radius 3 is 2.83 bits per heavy atom. The highest BCUT2D eigenvalue weighted by atomic mass is 16.5. The second-order valence-corrected chi connectivity index (χ2v) is 4.32. The highest BCUT2D eigenvalue weighted by Gasteiger charge is 2.06. The average Bonchev–Trinajstić information content (AvgIpc) is 2.35. The van der Waals surface area contributed by atoms with E-state index in [0.717, 1.165) is 0 Å². The highest BCUT2D eigenvalue weighted by Crippen LogP contribution is 2.21. The van der Waals surface area contributed by atoms with Gasteiger partial charge in [0.05, 0.1) is 18.8 Å². The van der Waals surface area contributed by atoms with Crippen LogP contribution < -0.4 is 21.1 Å². The fourth-order valence-corrected chi connectivity index (χ4v) is 1.17. The molecule has 0 unspecified atom stereocenters. The topological polar surface area (TPSA) is 89.3 Å². The van der Waals surface area contributed by atoms with Crippen molar-refractivity contribution >= 4 is 17.4 Å². The lowest BCUT2D eigenvalue weighted by molar-refractivity contribution is -0.118. The molecule has 0 atom stereocenters. The third-order valence-electron chi connectivity index (χ3n) is 2.15. The van der Waals surface area contributed by atoms with Crippen molar-refractivity contribution in [2.75, 3.05) is 31.2 Å². The van der Waals surface area contributed by atoms with Gasteiger partial charge in [-0.3, -0.25) is 4.79 Å². The lowest BCUT2D eigenvalue weighted by Crippen LogP contribution is -2.26. The van der Waals surface area contributed by atoms with Crippen LogP contribution in [0.4, 0.5) is 11.5 Å². The van der Waals surface area contributed by atoms with Crippen LogP contribution in [0, 0.1) is 5.92 Å². The smallest absolute Gasteiger partial charge is 0.239 e. The van der Waals surface area contributed by atoms with Crippen LogP contribution in [0.25, 0.3) is 0 Å². The number of rotatable bonds is 6. The summed E-state index contributed by atoms with van der Waals surface area (Å²) in [7, 11) is 1.58. The SMILES string of the molecule is CNC(=O)CNc1ccc(N)c(OCC(C)C)n1. The summed E-state index contributed by atoms with van der Waals surface area (Å²) in [5.41, 5.74) is 6.25. The molecule has 0 radical (unpaired) electrons. The number of amides is 1. The van der Waals surface area contributed by atoms with E-state index in [0.29, 0.717) is 29.9 Å². The second-order valence-electron chi connectivity index (χ2n) is 4.32. The summed E-state index contributed by atoms with van der Waals surface area (Å²) >= 11 is 0. The van der Waals surface area contributed by atoms with E-state index in [9.17, 15) is 4.79 Å². The number of hydrogen-bond acceptors (Lipinski definition) is 5. The van der Waals surface area contributed by atoms with E-state index in [1.165, 1.54) is 0 Å². The van der Waals surface area contributed by atoms with Crippen molar-refractivity contribution in [3.8, 4) is 5.88 Å². The summed E-state index contributed by atoms with van der Waals surface area (Å²) < 4.78 is 5.50. The maximum Gasteiger partial charge on any atom is 0.239 e. The van der Waals surface area contributed by atoms with Crippen LogP contribution in [-0.2, 0) is 4.79 Å². The van der Waals surface area contributed by atoms with Gasteiger partial charge in [-0.1, -0.05) is 13.8 Å². The van der Waals surface area contributed by atoms with Crippen LogP contribution in [-0.4, -0.2) is 31.1 Å². The summed E-state index contributed by atoms with van der Waals surface area (Å²) in [4.78, 5) is 15.3. The zero-order valence-electron chi connectivity index (χ0n) is 11.0. The first-order valence-corrected chi connectivity index (χ1v) is 5.86. The van der Waals surface area contributed by atoms with Gasteiger partial charge in [0.2, 0.25) is 11.8 Å². The maximum atomic E-state index is 11.1. The lowest BCUT2D eigenvalue weighted by Gasteiger charge is -2.11. The molecule has 1 rings (SSSR count). The van der Waals surface area contributed by atoms with Crippen molar-refractivity contribution in [2.45, 2.75) is 13.8 Å². The van der Waals surface area contributed by atoms with Crippen molar-refractivity contribution in [1.82, 2.24) is 10.3 Å². The van der Waals surface area contributed by atoms with Crippen molar-refractivity contribution in [1.29, 1.82) is 0 Å². The average molecular weight is 252 g/mol. The molecule has 1 aromatic rings. The highest BCUT2D eigenvalue weighted by molar-refractivity contribution is 5.80. The van der Waals surface area contributed by atoms with Gasteiger partial charge in [0.25, 0.3) is 0 Å². The van der Waals surface area contributed by atoms with Crippen molar-refractivity contribution < 1.29 is 9.53 Å². The second kappa shape index (κ2) is 6.68. The summed E-state index contributed by atoms with van der Waals surface area (Å²) in [6, 6.07) is 3.41. The fraction of sp³-hybridized carbons (Fsp3) is 0.500. The molecular weight excluding hydrogens is 232 g/mol. The van der Waals surface area contributed by atoms with Crippen LogP contribution >= 0.6 is 0 Å². The minimum atomic E-state index is -0.113. The van der Waals surface area contributed by atoms with E-state index in [4.69, 9.17) is 10.5 Å². The normalized spacial score (nSPS) is 10.2.